The molecule has 2 fully saturated rings. The molecule has 1 amide bonds. The number of aromatic nitrogens is 1. The molecule has 18 heavy (non-hydrogen) atoms. The Kier molecular flexibility index (Phi) is 2.70. The van der Waals surface area contributed by atoms with Gasteiger partial charge in [-0.25, -0.2) is 0 Å². The molecule has 0 bridgehead atoms. The Hall–Kier alpha value is -1.29. The van der Waals surface area contributed by atoms with Crippen LogP contribution in [-0.4, -0.2) is 52.0 Å². The number of likely N-dealkylation sites (tertiary alicyclic amines) is 2. The standard InChI is InChI=1S/C14H21N3O/c1-3-17-10-7-14(17)6-9-16(11-14)13(18)12-5-4-8-15(12)2/h4-5,8H,3,6-7,9-11H2,1-2H3. The predicted molar refractivity (Wildman–Crippen MR) is 70.5 cm³/mol. The highest BCUT2D eigenvalue weighted by Crippen LogP contribution is 2.39. The molecule has 0 saturated carbocycles. The van der Waals surface area contributed by atoms with Crippen molar-refractivity contribution in [1.82, 2.24) is 14.4 Å². The molecule has 1 aromatic heterocycles. The van der Waals surface area contributed by atoms with Gasteiger partial charge in [-0.3, -0.25) is 9.69 Å². The Labute approximate surface area is 108 Å². The van der Waals surface area contributed by atoms with Crippen LogP contribution in [0.25, 0.3) is 0 Å². The molecular formula is C14H21N3O. The first-order valence-corrected chi connectivity index (χ1v) is 6.82. The first-order chi connectivity index (χ1) is 8.66. The normalized spacial score (nSPS) is 27.8. The van der Waals surface area contributed by atoms with Gasteiger partial charge in [-0.1, -0.05) is 6.92 Å². The van der Waals surface area contributed by atoms with E-state index in [0.717, 1.165) is 31.7 Å². The second-order valence-corrected chi connectivity index (χ2v) is 5.54. The highest BCUT2D eigenvalue weighted by Gasteiger charge is 2.49. The topological polar surface area (TPSA) is 28.5 Å². The van der Waals surface area contributed by atoms with Gasteiger partial charge < -0.3 is 9.47 Å². The molecule has 1 spiro atoms. The summed E-state index contributed by atoms with van der Waals surface area (Å²) in [5.41, 5.74) is 1.10. The van der Waals surface area contributed by atoms with E-state index < -0.39 is 0 Å². The van der Waals surface area contributed by atoms with Crippen molar-refractivity contribution < 1.29 is 4.79 Å². The van der Waals surface area contributed by atoms with Crippen LogP contribution in [0.2, 0.25) is 0 Å². The first kappa shape index (κ1) is 11.8. The van der Waals surface area contributed by atoms with Gasteiger partial charge in [-0.05, 0) is 31.5 Å². The molecule has 1 aromatic rings. The lowest BCUT2D eigenvalue weighted by Gasteiger charge is -2.50. The fourth-order valence-electron chi connectivity index (χ4n) is 3.42. The number of aryl methyl sites for hydroxylation is 1. The molecule has 2 aliphatic heterocycles. The largest absolute Gasteiger partial charge is 0.347 e. The number of hydrogen-bond acceptors (Lipinski definition) is 2. The van der Waals surface area contributed by atoms with Crippen LogP contribution in [0.4, 0.5) is 0 Å². The van der Waals surface area contributed by atoms with Gasteiger partial charge >= 0.3 is 0 Å². The fourth-order valence-corrected chi connectivity index (χ4v) is 3.42. The lowest BCUT2D eigenvalue weighted by molar-refractivity contribution is -0.000844. The number of likely N-dealkylation sites (N-methyl/N-ethyl adjacent to an activating group) is 1. The van der Waals surface area contributed by atoms with Gasteiger partial charge in [0.05, 0.1) is 0 Å². The summed E-state index contributed by atoms with van der Waals surface area (Å²) in [5, 5.41) is 0. The van der Waals surface area contributed by atoms with Crippen LogP contribution < -0.4 is 0 Å². The molecule has 3 rings (SSSR count). The molecule has 1 unspecified atom stereocenters. The minimum absolute atomic E-state index is 0.183. The lowest BCUT2D eigenvalue weighted by Crippen LogP contribution is -2.61. The molecule has 2 aliphatic rings. The van der Waals surface area contributed by atoms with Gasteiger partial charge in [-0.2, -0.15) is 0 Å². The van der Waals surface area contributed by atoms with Crippen molar-refractivity contribution in [3.63, 3.8) is 0 Å². The zero-order valence-corrected chi connectivity index (χ0v) is 11.2. The van der Waals surface area contributed by atoms with E-state index in [1.165, 1.54) is 13.0 Å². The molecule has 98 valence electrons. The average molecular weight is 247 g/mol. The summed E-state index contributed by atoms with van der Waals surface area (Å²) >= 11 is 0. The van der Waals surface area contributed by atoms with E-state index in [4.69, 9.17) is 0 Å². The molecule has 0 aromatic carbocycles. The third-order valence-electron chi connectivity index (χ3n) is 4.68. The Balaban J connectivity index is 1.73. The van der Waals surface area contributed by atoms with Crippen LogP contribution in [0.3, 0.4) is 0 Å². The molecule has 0 radical (unpaired) electrons. The average Bonchev–Trinajstić information content (AvgIpc) is 2.95. The summed E-state index contributed by atoms with van der Waals surface area (Å²) < 4.78 is 1.91. The summed E-state index contributed by atoms with van der Waals surface area (Å²) in [5.74, 6) is 0.183. The second kappa shape index (κ2) is 4.12. The summed E-state index contributed by atoms with van der Waals surface area (Å²) in [6.45, 7) is 6.32. The quantitative estimate of drug-likeness (QED) is 0.789. The molecular weight excluding hydrogens is 226 g/mol. The van der Waals surface area contributed by atoms with E-state index in [9.17, 15) is 4.79 Å². The van der Waals surface area contributed by atoms with Crippen LogP contribution in [0, 0.1) is 0 Å². The SMILES string of the molecule is CCN1CCC12CCN(C(=O)c1cccn1C)C2. The molecule has 0 N–H and O–H groups in total. The summed E-state index contributed by atoms with van der Waals surface area (Å²) in [6.07, 6.45) is 4.32. The van der Waals surface area contributed by atoms with Crippen LogP contribution in [0.1, 0.15) is 30.3 Å². The third kappa shape index (κ3) is 1.59. The van der Waals surface area contributed by atoms with Crippen molar-refractivity contribution in [3.05, 3.63) is 24.0 Å². The van der Waals surface area contributed by atoms with Gasteiger partial charge in [0.2, 0.25) is 0 Å². The maximum atomic E-state index is 12.4. The molecule has 1 atom stereocenters. The number of nitrogens with zero attached hydrogens (tertiary/aromatic N) is 3. The summed E-state index contributed by atoms with van der Waals surface area (Å²) in [7, 11) is 1.93. The highest BCUT2D eigenvalue weighted by atomic mass is 16.2. The zero-order valence-electron chi connectivity index (χ0n) is 11.2. The first-order valence-electron chi connectivity index (χ1n) is 6.82. The fraction of sp³-hybridized carbons (Fsp3) is 0.643. The van der Waals surface area contributed by atoms with Crippen LogP contribution in [0.15, 0.2) is 18.3 Å². The highest BCUT2D eigenvalue weighted by molar-refractivity contribution is 5.93. The van der Waals surface area contributed by atoms with Crippen LogP contribution >= 0.6 is 0 Å². The minimum atomic E-state index is 0.183. The Morgan fingerprint density at radius 2 is 2.17 bits per heavy atom. The monoisotopic (exact) mass is 247 g/mol. The van der Waals surface area contributed by atoms with Crippen molar-refractivity contribution in [3.8, 4) is 0 Å². The van der Waals surface area contributed by atoms with Gasteiger partial charge in [0, 0.05) is 38.4 Å². The van der Waals surface area contributed by atoms with Crippen molar-refractivity contribution in [2.45, 2.75) is 25.3 Å². The van der Waals surface area contributed by atoms with E-state index in [1.54, 1.807) is 0 Å². The molecule has 2 saturated heterocycles. The van der Waals surface area contributed by atoms with E-state index >= 15 is 0 Å². The maximum Gasteiger partial charge on any atom is 0.270 e. The number of hydrogen-bond donors (Lipinski definition) is 0. The predicted octanol–water partition coefficient (Wildman–Crippen LogP) is 1.34. The smallest absolute Gasteiger partial charge is 0.270 e. The molecule has 3 heterocycles. The third-order valence-corrected chi connectivity index (χ3v) is 4.68. The Morgan fingerprint density at radius 3 is 2.72 bits per heavy atom. The second-order valence-electron chi connectivity index (χ2n) is 5.54. The Bertz CT molecular complexity index is 465. The molecule has 0 aliphatic carbocycles. The summed E-state index contributed by atoms with van der Waals surface area (Å²) in [6, 6.07) is 3.84. The van der Waals surface area contributed by atoms with E-state index in [-0.39, 0.29) is 5.91 Å². The van der Waals surface area contributed by atoms with Gasteiger partial charge in [0.1, 0.15) is 5.69 Å². The lowest BCUT2D eigenvalue weighted by atomic mass is 9.84. The number of carbonyl (C=O) groups is 1. The molecule has 4 nitrogen and oxygen atoms in total. The molecule has 4 heteroatoms. The van der Waals surface area contributed by atoms with Gasteiger partial charge in [0.25, 0.3) is 5.91 Å². The van der Waals surface area contributed by atoms with Crippen LogP contribution in [0.5, 0.6) is 0 Å². The van der Waals surface area contributed by atoms with Crippen molar-refractivity contribution >= 4 is 5.91 Å². The number of amides is 1. The van der Waals surface area contributed by atoms with E-state index in [1.807, 2.05) is 34.8 Å². The van der Waals surface area contributed by atoms with E-state index in [2.05, 4.69) is 11.8 Å². The van der Waals surface area contributed by atoms with Crippen molar-refractivity contribution in [2.24, 2.45) is 7.05 Å². The minimum Gasteiger partial charge on any atom is -0.347 e. The van der Waals surface area contributed by atoms with E-state index in [0.29, 0.717) is 5.54 Å². The van der Waals surface area contributed by atoms with Gasteiger partial charge in [0.15, 0.2) is 0 Å². The summed E-state index contributed by atoms with van der Waals surface area (Å²) in [4.78, 5) is 17.0. The Morgan fingerprint density at radius 1 is 1.39 bits per heavy atom. The number of rotatable bonds is 2. The zero-order chi connectivity index (χ0) is 12.8. The van der Waals surface area contributed by atoms with Crippen molar-refractivity contribution in [1.29, 1.82) is 0 Å². The van der Waals surface area contributed by atoms with Gasteiger partial charge in [-0.15, -0.1) is 0 Å². The van der Waals surface area contributed by atoms with Crippen molar-refractivity contribution in [2.75, 3.05) is 26.2 Å². The number of carbonyl (C=O) groups excluding carboxylic acids is 1. The van der Waals surface area contributed by atoms with Crippen LogP contribution in [-0.2, 0) is 7.05 Å². The maximum absolute atomic E-state index is 12.4.